The molecule has 90 heavy (non-hydrogen) atoms. The summed E-state index contributed by atoms with van der Waals surface area (Å²) in [4.78, 5) is 39.1. The van der Waals surface area contributed by atoms with E-state index < -0.39 is 18.1 Å². The lowest BCUT2D eigenvalue weighted by molar-refractivity contribution is 0.0903. The number of carbonyl (C=O) groups excluding carboxylic acids is 3. The summed E-state index contributed by atoms with van der Waals surface area (Å²) in [5.74, 6) is 0.0739. The van der Waals surface area contributed by atoms with Crippen molar-refractivity contribution in [1.82, 2.24) is 46.5 Å². The van der Waals surface area contributed by atoms with Gasteiger partial charge in [0, 0.05) is 66.6 Å². The molecule has 12 rings (SSSR count). The number of halogens is 3. The molecule has 0 radical (unpaired) electrons. The lowest BCUT2D eigenvalue weighted by Gasteiger charge is -2.17. The Morgan fingerprint density at radius 1 is 0.400 bits per heavy atom. The van der Waals surface area contributed by atoms with Crippen LogP contribution in [0.1, 0.15) is 192 Å². The van der Waals surface area contributed by atoms with Gasteiger partial charge in [-0.15, -0.1) is 0 Å². The van der Waals surface area contributed by atoms with Crippen molar-refractivity contribution < 1.29 is 29.7 Å². The number of hydrogen-bond donors (Lipinski definition) is 9. The average molecular weight is 1270 g/mol. The Morgan fingerprint density at radius 2 is 0.678 bits per heavy atom. The quantitative estimate of drug-likeness (QED) is 0.0371. The van der Waals surface area contributed by atoms with E-state index in [0.29, 0.717) is 17.1 Å². The van der Waals surface area contributed by atoms with Gasteiger partial charge < -0.3 is 31.3 Å². The molecule has 3 amide bonds. The Morgan fingerprint density at radius 3 is 0.933 bits per heavy atom. The Balaban J connectivity index is 0.000000148. The van der Waals surface area contributed by atoms with Crippen LogP contribution < -0.4 is 16.0 Å². The Labute approximate surface area is 540 Å². The molecule has 15 nitrogen and oxygen atoms in total. The number of amides is 3. The molecule has 0 unspecified atom stereocenters. The summed E-state index contributed by atoms with van der Waals surface area (Å²) >= 11 is 18.5. The first kappa shape index (κ1) is 65.1. The van der Waals surface area contributed by atoms with Crippen LogP contribution in [0.5, 0.6) is 0 Å². The van der Waals surface area contributed by atoms with Crippen molar-refractivity contribution >= 4 is 52.5 Å². The van der Waals surface area contributed by atoms with Crippen molar-refractivity contribution in [2.75, 3.05) is 19.8 Å². The van der Waals surface area contributed by atoms with Crippen molar-refractivity contribution in [3.63, 3.8) is 0 Å². The van der Waals surface area contributed by atoms with Crippen LogP contribution in [0, 0.1) is 0 Å². The number of benzene rings is 6. The zero-order valence-electron chi connectivity index (χ0n) is 50.3. The molecule has 0 spiro atoms. The average Bonchev–Trinajstić information content (AvgIpc) is 1.77. The molecule has 0 bridgehead atoms. The highest BCUT2D eigenvalue weighted by Crippen LogP contribution is 2.37. The third-order valence-electron chi connectivity index (χ3n) is 17.4. The first-order chi connectivity index (χ1) is 44.0. The number of nitrogens with zero attached hydrogens (tertiary/aromatic N) is 3. The van der Waals surface area contributed by atoms with Crippen LogP contribution in [0.25, 0.3) is 0 Å². The molecule has 6 atom stereocenters. The second-order valence-electron chi connectivity index (χ2n) is 23.6. The number of aromatic amines is 3. The second-order valence-corrected chi connectivity index (χ2v) is 24.9. The highest BCUT2D eigenvalue weighted by Gasteiger charge is 2.32. The third-order valence-corrected chi connectivity index (χ3v) is 18.1. The van der Waals surface area contributed by atoms with E-state index in [-0.39, 0.29) is 55.3 Å². The monoisotopic (exact) mass is 1270 g/mol. The van der Waals surface area contributed by atoms with Crippen molar-refractivity contribution in [3.05, 3.63) is 263 Å². The number of rotatable bonds is 18. The van der Waals surface area contributed by atoms with Gasteiger partial charge in [-0.2, -0.15) is 15.3 Å². The molecule has 6 aromatic carbocycles. The van der Waals surface area contributed by atoms with Gasteiger partial charge in [-0.1, -0.05) is 181 Å². The molecule has 3 aliphatic rings. The molecule has 9 aromatic rings. The molecule has 0 fully saturated rings. The van der Waals surface area contributed by atoms with Gasteiger partial charge in [0.2, 0.25) is 0 Å². The zero-order valence-corrected chi connectivity index (χ0v) is 52.6. The fourth-order valence-electron chi connectivity index (χ4n) is 12.9. The minimum Gasteiger partial charge on any atom is -0.394 e. The van der Waals surface area contributed by atoms with Crippen LogP contribution >= 0.6 is 34.8 Å². The SMILES string of the molecule is O=C(N[C@@H](CO)c1ccccc1)c1n[nH]c2c1CCCC[C@@H]2Cc1cccc(Cl)c1.O=C(N[C@H](CO)c1ccccc1)c1n[nH]c2c1CCCC[C@@H]2Cc1cccc(Cl)c1.O=C(N[C@H](CO)c1ccccc1)c1n[nH]c2c1CCCC[C@H]2Cc1cccc(Cl)c1. The first-order valence-electron chi connectivity index (χ1n) is 31.3. The van der Waals surface area contributed by atoms with Gasteiger partial charge >= 0.3 is 0 Å². The minimum absolute atomic E-state index is 0.167. The molecular formula is C72H78Cl3N9O6. The van der Waals surface area contributed by atoms with Crippen LogP contribution in [0.15, 0.2) is 164 Å². The molecule has 0 aliphatic heterocycles. The fourth-order valence-corrected chi connectivity index (χ4v) is 13.5. The lowest BCUT2D eigenvalue weighted by atomic mass is 9.91. The van der Waals surface area contributed by atoms with E-state index in [1.807, 2.05) is 146 Å². The fraction of sp³-hybridized carbons (Fsp3) is 0.333. The smallest absolute Gasteiger partial charge is 0.272 e. The number of H-pyrrole nitrogens is 3. The van der Waals surface area contributed by atoms with E-state index in [4.69, 9.17) is 34.8 Å². The number of nitrogens with one attached hydrogen (secondary N) is 6. The van der Waals surface area contributed by atoms with Gasteiger partial charge in [0.25, 0.3) is 17.7 Å². The number of fused-ring (bicyclic) bond motifs is 3. The highest BCUT2D eigenvalue weighted by atomic mass is 35.5. The maximum absolute atomic E-state index is 13.0. The predicted octanol–water partition coefficient (Wildman–Crippen LogP) is 13.7. The normalized spacial score (nSPS) is 17.1. The standard InChI is InChI=1S/3C24H26ClN3O2/c3*25-19-11-6-7-16(14-19)13-18-10-4-5-12-20-22(18)27-28-23(20)24(30)26-21(15-29)17-8-2-1-3-9-17/h3*1-3,6-9,11,14,18,21,29H,4-5,10,12-13,15H2,(H,26,30)(H,27,28)/t2*18-,21+;18-,21-/m101/s1. The summed E-state index contributed by atoms with van der Waals surface area (Å²) in [6, 6.07) is 50.9. The molecule has 3 heterocycles. The van der Waals surface area contributed by atoms with Crippen molar-refractivity contribution in [3.8, 4) is 0 Å². The van der Waals surface area contributed by atoms with Gasteiger partial charge in [0.1, 0.15) is 0 Å². The predicted molar refractivity (Wildman–Crippen MR) is 353 cm³/mol. The summed E-state index contributed by atoms with van der Waals surface area (Å²) in [7, 11) is 0. The molecule has 9 N–H and O–H groups in total. The van der Waals surface area contributed by atoms with E-state index in [9.17, 15) is 29.7 Å². The summed E-state index contributed by atoms with van der Waals surface area (Å²) in [6.45, 7) is -0.501. The topological polar surface area (TPSA) is 234 Å². The number of carbonyl (C=O) groups is 3. The number of hydrogen-bond acceptors (Lipinski definition) is 9. The Bertz CT molecular complexity index is 3400. The van der Waals surface area contributed by atoms with E-state index in [0.717, 1.165) is 162 Å². The Hall–Kier alpha value is -7.89. The zero-order chi connectivity index (χ0) is 62.8. The van der Waals surface area contributed by atoms with Crippen LogP contribution in [-0.2, 0) is 38.5 Å². The summed E-state index contributed by atoms with van der Waals surface area (Å²) in [5, 5.41) is 63.0. The van der Waals surface area contributed by atoms with Crippen LogP contribution in [0.4, 0.5) is 0 Å². The minimum atomic E-state index is -0.459. The second kappa shape index (κ2) is 32.2. The van der Waals surface area contributed by atoms with E-state index in [2.05, 4.69) is 64.7 Å². The van der Waals surface area contributed by atoms with Crippen molar-refractivity contribution in [2.45, 2.75) is 132 Å². The lowest BCUT2D eigenvalue weighted by Crippen LogP contribution is -2.31. The molecule has 0 saturated heterocycles. The van der Waals surface area contributed by atoms with Crippen molar-refractivity contribution in [2.24, 2.45) is 0 Å². The third kappa shape index (κ3) is 16.9. The molecule has 3 aromatic heterocycles. The van der Waals surface area contributed by atoms with Gasteiger partial charge in [0.05, 0.1) is 37.9 Å². The van der Waals surface area contributed by atoms with Gasteiger partial charge in [0.15, 0.2) is 17.1 Å². The number of aliphatic hydroxyl groups is 3. The summed E-state index contributed by atoms with van der Waals surface area (Å²) in [6.07, 6.45) is 14.6. The van der Waals surface area contributed by atoms with Crippen LogP contribution in [0.2, 0.25) is 15.1 Å². The highest BCUT2D eigenvalue weighted by molar-refractivity contribution is 6.31. The Kier molecular flexibility index (Phi) is 23.3. The van der Waals surface area contributed by atoms with Gasteiger partial charge in [-0.05, 0) is 147 Å². The van der Waals surface area contributed by atoms with Crippen LogP contribution in [-0.4, -0.2) is 83.5 Å². The summed E-state index contributed by atoms with van der Waals surface area (Å²) < 4.78 is 0. The molecule has 468 valence electrons. The van der Waals surface area contributed by atoms with Crippen LogP contribution in [0.3, 0.4) is 0 Å². The molecular weight excluding hydrogens is 1190 g/mol. The molecule has 0 saturated carbocycles. The number of aliphatic hydroxyl groups excluding tert-OH is 3. The van der Waals surface area contributed by atoms with Crippen molar-refractivity contribution in [1.29, 1.82) is 0 Å². The number of aromatic nitrogens is 6. The first-order valence-corrected chi connectivity index (χ1v) is 32.4. The van der Waals surface area contributed by atoms with E-state index in [1.165, 1.54) is 16.7 Å². The van der Waals surface area contributed by atoms with E-state index >= 15 is 0 Å². The maximum atomic E-state index is 13.0. The summed E-state index contributed by atoms with van der Waals surface area (Å²) in [5.41, 5.74) is 13.7. The van der Waals surface area contributed by atoms with E-state index in [1.54, 1.807) is 0 Å². The molecule has 3 aliphatic carbocycles. The van der Waals surface area contributed by atoms with Gasteiger partial charge in [-0.3, -0.25) is 29.7 Å². The maximum Gasteiger partial charge on any atom is 0.272 e. The largest absolute Gasteiger partial charge is 0.394 e. The molecule has 18 heteroatoms. The van der Waals surface area contributed by atoms with Gasteiger partial charge in [-0.25, -0.2) is 0 Å².